The number of hydrogen-bond acceptors (Lipinski definition) is 5. The summed E-state index contributed by atoms with van der Waals surface area (Å²) in [6.45, 7) is 0. The third-order valence-electron chi connectivity index (χ3n) is 10.1. The Labute approximate surface area is 291 Å². The summed E-state index contributed by atoms with van der Waals surface area (Å²) in [5.41, 5.74) is 9.71. The minimum absolute atomic E-state index is 0.269. The van der Waals surface area contributed by atoms with Crippen LogP contribution in [0.3, 0.4) is 0 Å². The Morgan fingerprint density at radius 2 is 1.24 bits per heavy atom. The lowest BCUT2D eigenvalue weighted by Crippen LogP contribution is -2.33. The fourth-order valence-corrected chi connectivity index (χ4v) is 7.68. The van der Waals surface area contributed by atoms with E-state index in [9.17, 15) is 0 Å². The lowest BCUT2D eigenvalue weighted by molar-refractivity contribution is 0.666. The first-order chi connectivity index (χ1) is 25.3. The van der Waals surface area contributed by atoms with Crippen LogP contribution < -0.4 is 5.32 Å². The van der Waals surface area contributed by atoms with Crippen LogP contribution in [0.15, 0.2) is 177 Å². The zero-order valence-electron chi connectivity index (χ0n) is 27.2. The van der Waals surface area contributed by atoms with Crippen LogP contribution in [0.1, 0.15) is 22.9 Å². The zero-order valence-corrected chi connectivity index (χ0v) is 27.2. The molecule has 0 amide bonds. The van der Waals surface area contributed by atoms with Crippen LogP contribution >= 0.6 is 0 Å². The second-order valence-corrected chi connectivity index (χ2v) is 13.0. The molecule has 11 rings (SSSR count). The minimum Gasteiger partial charge on any atom is -0.456 e. The van der Waals surface area contributed by atoms with Gasteiger partial charge in [-0.2, -0.15) is 0 Å². The van der Waals surface area contributed by atoms with Crippen LogP contribution in [0.5, 0.6) is 0 Å². The molecule has 0 fully saturated rings. The first-order valence-corrected chi connectivity index (χ1v) is 17.1. The predicted octanol–water partition coefficient (Wildman–Crippen LogP) is 11.1. The number of nitrogens with zero attached hydrogens (tertiary/aromatic N) is 3. The SMILES string of the molecule is c1ccc(C2=NC(c3ccccc3)NC(c3ccc4c(c3)oc3ccc(-n5c6ccccc6c6c7oc8ccccc8c7ccc65)cc34)=N2)cc1. The maximum Gasteiger partial charge on any atom is 0.159 e. The average molecular weight is 657 g/mol. The number of para-hydroxylation sites is 2. The zero-order chi connectivity index (χ0) is 33.5. The molecule has 0 bridgehead atoms. The van der Waals surface area contributed by atoms with E-state index in [4.69, 9.17) is 18.8 Å². The molecule has 3 aromatic heterocycles. The summed E-state index contributed by atoms with van der Waals surface area (Å²) in [4.78, 5) is 9.99. The van der Waals surface area contributed by atoms with Crippen LogP contribution in [-0.2, 0) is 0 Å². The summed E-state index contributed by atoms with van der Waals surface area (Å²) in [6, 6.07) is 54.4. The van der Waals surface area contributed by atoms with E-state index in [-0.39, 0.29) is 6.17 Å². The highest BCUT2D eigenvalue weighted by Gasteiger charge is 2.23. The lowest BCUT2D eigenvalue weighted by atomic mass is 10.1. The molecule has 0 saturated carbocycles. The normalized spacial score (nSPS) is 14.9. The van der Waals surface area contributed by atoms with Gasteiger partial charge in [0.1, 0.15) is 34.3 Å². The second kappa shape index (κ2) is 10.8. The molecule has 1 aliphatic heterocycles. The molecule has 0 aliphatic carbocycles. The molecule has 6 nitrogen and oxygen atoms in total. The Morgan fingerprint density at radius 3 is 2.12 bits per heavy atom. The molecule has 1 N–H and O–H groups in total. The molecule has 0 radical (unpaired) electrons. The Bertz CT molecular complexity index is 3060. The smallest absolute Gasteiger partial charge is 0.159 e. The van der Waals surface area contributed by atoms with Crippen molar-refractivity contribution in [2.24, 2.45) is 9.98 Å². The fourth-order valence-electron chi connectivity index (χ4n) is 7.68. The highest BCUT2D eigenvalue weighted by atomic mass is 16.3. The molecular weight excluding hydrogens is 629 g/mol. The predicted molar refractivity (Wildman–Crippen MR) is 207 cm³/mol. The molecule has 1 aliphatic rings. The van der Waals surface area contributed by atoms with Crippen molar-refractivity contribution in [3.63, 3.8) is 0 Å². The lowest BCUT2D eigenvalue weighted by Gasteiger charge is -2.23. The molecule has 6 heteroatoms. The summed E-state index contributed by atoms with van der Waals surface area (Å²) in [5.74, 6) is 1.45. The van der Waals surface area contributed by atoms with Gasteiger partial charge in [-0.25, -0.2) is 9.98 Å². The highest BCUT2D eigenvalue weighted by Crippen LogP contribution is 2.41. The van der Waals surface area contributed by atoms with Crippen molar-refractivity contribution >= 4 is 77.4 Å². The number of aliphatic imine (C=N–C) groups is 2. The Hall–Kier alpha value is -6.92. The molecule has 7 aromatic carbocycles. The van der Waals surface area contributed by atoms with Crippen LogP contribution in [0, 0.1) is 0 Å². The van der Waals surface area contributed by atoms with Crippen molar-refractivity contribution in [2.45, 2.75) is 6.17 Å². The van der Waals surface area contributed by atoms with E-state index >= 15 is 0 Å². The standard InChI is InChI=1S/C45H28N4O2/c1-3-11-27(12-4-1)43-46-44(28-13-5-2-6-14-28)48-45(47-43)29-19-21-32-35-26-30(20-24-39(35)50-40(32)25-29)49-36-17-9-7-16-34(36)41-37(49)23-22-33-31-15-8-10-18-38(31)51-42(33)41/h1-26,43H,(H,46,47,48). The largest absolute Gasteiger partial charge is 0.456 e. The molecule has 1 atom stereocenters. The van der Waals surface area contributed by atoms with Gasteiger partial charge in [0.2, 0.25) is 0 Å². The van der Waals surface area contributed by atoms with Gasteiger partial charge < -0.3 is 18.7 Å². The summed E-state index contributed by atoms with van der Waals surface area (Å²) >= 11 is 0. The number of nitrogens with one attached hydrogen (secondary N) is 1. The molecule has 1 unspecified atom stereocenters. The molecular formula is C45H28N4O2. The van der Waals surface area contributed by atoms with Gasteiger partial charge in [-0.1, -0.05) is 103 Å². The van der Waals surface area contributed by atoms with Gasteiger partial charge in [-0.15, -0.1) is 0 Å². The van der Waals surface area contributed by atoms with Crippen LogP contribution in [0.25, 0.3) is 71.4 Å². The van der Waals surface area contributed by atoms with E-state index in [0.29, 0.717) is 5.84 Å². The van der Waals surface area contributed by atoms with E-state index < -0.39 is 0 Å². The van der Waals surface area contributed by atoms with Gasteiger partial charge in [0, 0.05) is 43.7 Å². The maximum absolute atomic E-state index is 6.51. The molecule has 240 valence electrons. The maximum atomic E-state index is 6.51. The van der Waals surface area contributed by atoms with Gasteiger partial charge in [0.05, 0.1) is 16.4 Å². The van der Waals surface area contributed by atoms with Crippen molar-refractivity contribution < 1.29 is 8.83 Å². The highest BCUT2D eigenvalue weighted by molar-refractivity contribution is 6.24. The van der Waals surface area contributed by atoms with Crippen molar-refractivity contribution in [1.82, 2.24) is 9.88 Å². The first kappa shape index (κ1) is 28.0. The third-order valence-corrected chi connectivity index (χ3v) is 10.1. The number of furan rings is 2. The second-order valence-electron chi connectivity index (χ2n) is 13.0. The van der Waals surface area contributed by atoms with Gasteiger partial charge in [0.25, 0.3) is 0 Å². The van der Waals surface area contributed by atoms with Crippen LogP contribution in [0.2, 0.25) is 0 Å². The topological polar surface area (TPSA) is 68.0 Å². The summed E-state index contributed by atoms with van der Waals surface area (Å²) < 4.78 is 15.4. The summed E-state index contributed by atoms with van der Waals surface area (Å²) in [6.07, 6.45) is -0.269. The molecule has 51 heavy (non-hydrogen) atoms. The average Bonchev–Trinajstić information content (AvgIpc) is 3.87. The van der Waals surface area contributed by atoms with Crippen molar-refractivity contribution in [1.29, 1.82) is 0 Å². The van der Waals surface area contributed by atoms with E-state index in [1.165, 1.54) is 0 Å². The number of aromatic nitrogens is 1. The summed E-state index contributed by atoms with van der Waals surface area (Å²) in [5, 5.41) is 10.2. The molecule has 10 aromatic rings. The third kappa shape index (κ3) is 4.30. The van der Waals surface area contributed by atoms with E-state index in [1.807, 2.05) is 60.7 Å². The Balaban J connectivity index is 1.05. The minimum atomic E-state index is -0.269. The van der Waals surface area contributed by atoms with Gasteiger partial charge >= 0.3 is 0 Å². The molecule has 0 saturated heterocycles. The van der Waals surface area contributed by atoms with Crippen LogP contribution in [-0.4, -0.2) is 16.2 Å². The van der Waals surface area contributed by atoms with Crippen molar-refractivity contribution in [2.75, 3.05) is 0 Å². The number of rotatable bonds is 4. The van der Waals surface area contributed by atoms with E-state index in [0.717, 1.165) is 93.9 Å². The van der Waals surface area contributed by atoms with Crippen molar-refractivity contribution in [3.05, 3.63) is 174 Å². The van der Waals surface area contributed by atoms with Gasteiger partial charge in [-0.3, -0.25) is 0 Å². The van der Waals surface area contributed by atoms with Gasteiger partial charge in [0.15, 0.2) is 5.84 Å². The summed E-state index contributed by atoms with van der Waals surface area (Å²) in [7, 11) is 0. The first-order valence-electron chi connectivity index (χ1n) is 17.1. The molecule has 0 spiro atoms. The number of fused-ring (bicyclic) bond motifs is 10. The van der Waals surface area contributed by atoms with Crippen LogP contribution in [0.4, 0.5) is 0 Å². The van der Waals surface area contributed by atoms with Crippen molar-refractivity contribution in [3.8, 4) is 5.69 Å². The van der Waals surface area contributed by atoms with Gasteiger partial charge in [-0.05, 0) is 60.2 Å². The Morgan fingerprint density at radius 1 is 0.510 bits per heavy atom. The monoisotopic (exact) mass is 656 g/mol. The molecule has 4 heterocycles. The number of hydrogen-bond donors (Lipinski definition) is 1. The van der Waals surface area contributed by atoms with E-state index in [1.54, 1.807) is 0 Å². The fraction of sp³-hybridized carbons (Fsp3) is 0.0222. The van der Waals surface area contributed by atoms with E-state index in [2.05, 4.69) is 107 Å². The number of benzene rings is 7. The quantitative estimate of drug-likeness (QED) is 0.205. The Kier molecular flexibility index (Phi) is 5.92. The number of amidine groups is 2.